The van der Waals surface area contributed by atoms with Crippen LogP contribution in [0, 0.1) is 0 Å². The van der Waals surface area contributed by atoms with Gasteiger partial charge >= 0.3 is 0 Å². The highest BCUT2D eigenvalue weighted by atomic mass is 127. The van der Waals surface area contributed by atoms with Crippen LogP contribution in [-0.4, -0.2) is 38.0 Å². The summed E-state index contributed by atoms with van der Waals surface area (Å²) in [5.41, 5.74) is 0. The Morgan fingerprint density at radius 1 is 1.33 bits per heavy atom. The van der Waals surface area contributed by atoms with E-state index in [2.05, 4.69) is 20.9 Å². The predicted molar refractivity (Wildman–Crippen MR) is 93.2 cm³/mol. The SMILES string of the molecule is CN=C(NCCNC(=O)c1ccco1)NC1CCCC1.I. The Labute approximate surface area is 142 Å². The molecule has 1 aromatic rings. The van der Waals surface area contributed by atoms with Gasteiger partial charge in [-0.25, -0.2) is 0 Å². The van der Waals surface area contributed by atoms with Gasteiger partial charge in [-0.2, -0.15) is 0 Å². The van der Waals surface area contributed by atoms with E-state index in [1.807, 2.05) is 0 Å². The van der Waals surface area contributed by atoms with E-state index in [1.54, 1.807) is 19.2 Å². The fraction of sp³-hybridized carbons (Fsp3) is 0.571. The van der Waals surface area contributed by atoms with Crippen LogP contribution >= 0.6 is 24.0 Å². The number of rotatable bonds is 5. The lowest BCUT2D eigenvalue weighted by Gasteiger charge is -2.16. The Bertz CT molecular complexity index is 442. The van der Waals surface area contributed by atoms with Crippen molar-refractivity contribution in [2.45, 2.75) is 31.7 Å². The first-order chi connectivity index (χ1) is 9.79. The highest BCUT2D eigenvalue weighted by Crippen LogP contribution is 2.17. The van der Waals surface area contributed by atoms with Gasteiger partial charge in [0, 0.05) is 26.2 Å². The molecule has 118 valence electrons. The second kappa shape index (κ2) is 9.64. The Morgan fingerprint density at radius 3 is 2.67 bits per heavy atom. The van der Waals surface area contributed by atoms with Gasteiger partial charge in [0.15, 0.2) is 11.7 Å². The zero-order valence-electron chi connectivity index (χ0n) is 12.2. The van der Waals surface area contributed by atoms with Crippen molar-refractivity contribution in [1.29, 1.82) is 0 Å². The Morgan fingerprint density at radius 2 is 2.05 bits per heavy atom. The molecule has 0 spiro atoms. The van der Waals surface area contributed by atoms with Crippen molar-refractivity contribution in [1.82, 2.24) is 16.0 Å². The van der Waals surface area contributed by atoms with Gasteiger partial charge in [-0.05, 0) is 25.0 Å². The van der Waals surface area contributed by atoms with Crippen molar-refractivity contribution < 1.29 is 9.21 Å². The van der Waals surface area contributed by atoms with E-state index < -0.39 is 0 Å². The number of carbonyl (C=O) groups excluding carboxylic acids is 1. The van der Waals surface area contributed by atoms with Crippen molar-refractivity contribution >= 4 is 35.8 Å². The third-order valence-corrected chi connectivity index (χ3v) is 3.37. The molecule has 0 saturated heterocycles. The van der Waals surface area contributed by atoms with Gasteiger partial charge in [0.2, 0.25) is 0 Å². The first-order valence-electron chi connectivity index (χ1n) is 7.08. The fourth-order valence-electron chi connectivity index (χ4n) is 2.31. The lowest BCUT2D eigenvalue weighted by molar-refractivity contribution is 0.0926. The molecule has 7 heteroatoms. The van der Waals surface area contributed by atoms with E-state index in [4.69, 9.17) is 4.42 Å². The molecule has 1 aliphatic rings. The van der Waals surface area contributed by atoms with Gasteiger partial charge in [0.1, 0.15) is 0 Å². The fourth-order valence-corrected chi connectivity index (χ4v) is 2.31. The van der Waals surface area contributed by atoms with Crippen LogP contribution in [0.2, 0.25) is 0 Å². The number of furan rings is 1. The Hall–Kier alpha value is -1.25. The largest absolute Gasteiger partial charge is 0.459 e. The highest BCUT2D eigenvalue weighted by molar-refractivity contribution is 14.0. The summed E-state index contributed by atoms with van der Waals surface area (Å²) in [6, 6.07) is 3.86. The van der Waals surface area contributed by atoms with Crippen molar-refractivity contribution in [2.24, 2.45) is 4.99 Å². The molecule has 1 fully saturated rings. The minimum Gasteiger partial charge on any atom is -0.459 e. The standard InChI is InChI=1S/C14H22N4O2.HI/c1-15-14(18-11-5-2-3-6-11)17-9-8-16-13(19)12-7-4-10-20-12;/h4,7,10-11H,2-3,5-6,8-9H2,1H3,(H,16,19)(H2,15,17,18);1H. The molecule has 1 amide bonds. The van der Waals surface area contributed by atoms with Gasteiger partial charge in [0.05, 0.1) is 6.26 Å². The van der Waals surface area contributed by atoms with Crippen LogP contribution < -0.4 is 16.0 Å². The van der Waals surface area contributed by atoms with Crippen LogP contribution in [0.5, 0.6) is 0 Å². The summed E-state index contributed by atoms with van der Waals surface area (Å²) in [4.78, 5) is 15.8. The lowest BCUT2D eigenvalue weighted by Crippen LogP contribution is -2.44. The molecule has 2 rings (SSSR count). The molecule has 1 heterocycles. The Kier molecular flexibility index (Phi) is 8.17. The van der Waals surface area contributed by atoms with Crippen molar-refractivity contribution in [3.05, 3.63) is 24.2 Å². The quantitative estimate of drug-likeness (QED) is 0.301. The van der Waals surface area contributed by atoms with Crippen molar-refractivity contribution in [3.8, 4) is 0 Å². The zero-order chi connectivity index (χ0) is 14.2. The van der Waals surface area contributed by atoms with Crippen molar-refractivity contribution in [3.63, 3.8) is 0 Å². The molecule has 0 unspecified atom stereocenters. The number of hydrogen-bond donors (Lipinski definition) is 3. The second-order valence-electron chi connectivity index (χ2n) is 4.86. The maximum Gasteiger partial charge on any atom is 0.287 e. The first kappa shape index (κ1) is 17.8. The van der Waals surface area contributed by atoms with E-state index in [0.717, 1.165) is 5.96 Å². The van der Waals surface area contributed by atoms with Gasteiger partial charge in [-0.1, -0.05) is 12.8 Å². The van der Waals surface area contributed by atoms with Gasteiger partial charge in [-0.3, -0.25) is 9.79 Å². The van der Waals surface area contributed by atoms with E-state index in [9.17, 15) is 4.79 Å². The monoisotopic (exact) mass is 406 g/mol. The molecule has 0 aliphatic heterocycles. The highest BCUT2D eigenvalue weighted by Gasteiger charge is 2.15. The second-order valence-corrected chi connectivity index (χ2v) is 4.86. The van der Waals surface area contributed by atoms with E-state index in [-0.39, 0.29) is 29.9 Å². The van der Waals surface area contributed by atoms with Gasteiger partial charge < -0.3 is 20.4 Å². The predicted octanol–water partition coefficient (Wildman–Crippen LogP) is 1.73. The van der Waals surface area contributed by atoms with E-state index in [1.165, 1.54) is 31.9 Å². The van der Waals surface area contributed by atoms with Crippen LogP contribution in [-0.2, 0) is 0 Å². The number of aliphatic imine (C=N–C) groups is 1. The maximum atomic E-state index is 11.6. The number of hydrogen-bond acceptors (Lipinski definition) is 3. The molecule has 6 nitrogen and oxygen atoms in total. The lowest BCUT2D eigenvalue weighted by atomic mass is 10.2. The number of guanidine groups is 1. The molecule has 0 radical (unpaired) electrons. The minimum atomic E-state index is -0.199. The molecule has 0 atom stereocenters. The zero-order valence-corrected chi connectivity index (χ0v) is 14.6. The smallest absolute Gasteiger partial charge is 0.287 e. The van der Waals surface area contributed by atoms with Crippen LogP contribution in [0.15, 0.2) is 27.8 Å². The normalized spacial score (nSPS) is 15.4. The van der Waals surface area contributed by atoms with E-state index >= 15 is 0 Å². The summed E-state index contributed by atoms with van der Waals surface area (Å²) in [6.45, 7) is 1.14. The number of nitrogens with one attached hydrogen (secondary N) is 3. The Balaban J connectivity index is 0.00000220. The summed E-state index contributed by atoms with van der Waals surface area (Å²) in [5, 5.41) is 9.36. The number of carbonyl (C=O) groups is 1. The number of amides is 1. The molecule has 3 N–H and O–H groups in total. The molecular formula is C14H23IN4O2. The van der Waals surface area contributed by atoms with Crippen LogP contribution in [0.25, 0.3) is 0 Å². The van der Waals surface area contributed by atoms with Gasteiger partial charge in [-0.15, -0.1) is 24.0 Å². The first-order valence-corrected chi connectivity index (χ1v) is 7.08. The van der Waals surface area contributed by atoms with Gasteiger partial charge in [0.25, 0.3) is 5.91 Å². The third-order valence-electron chi connectivity index (χ3n) is 3.37. The maximum absolute atomic E-state index is 11.6. The summed E-state index contributed by atoms with van der Waals surface area (Å²) in [6.07, 6.45) is 6.47. The molecule has 0 bridgehead atoms. The molecule has 21 heavy (non-hydrogen) atoms. The molecule has 1 aromatic heterocycles. The average Bonchev–Trinajstić information content (AvgIpc) is 3.14. The summed E-state index contributed by atoms with van der Waals surface area (Å²) < 4.78 is 5.01. The number of nitrogens with zero attached hydrogens (tertiary/aromatic N) is 1. The summed E-state index contributed by atoms with van der Waals surface area (Å²) in [7, 11) is 1.76. The van der Waals surface area contributed by atoms with E-state index in [0.29, 0.717) is 24.9 Å². The minimum absolute atomic E-state index is 0. The van der Waals surface area contributed by atoms with Crippen LogP contribution in [0.4, 0.5) is 0 Å². The van der Waals surface area contributed by atoms with Crippen molar-refractivity contribution in [2.75, 3.05) is 20.1 Å². The van der Waals surface area contributed by atoms with Crippen LogP contribution in [0.1, 0.15) is 36.2 Å². The third kappa shape index (κ3) is 5.94. The number of halogens is 1. The molecular weight excluding hydrogens is 383 g/mol. The molecule has 0 aromatic carbocycles. The molecule has 1 saturated carbocycles. The topological polar surface area (TPSA) is 78.7 Å². The molecule has 1 aliphatic carbocycles. The average molecular weight is 406 g/mol. The van der Waals surface area contributed by atoms with Crippen LogP contribution in [0.3, 0.4) is 0 Å². The summed E-state index contributed by atoms with van der Waals surface area (Å²) in [5.74, 6) is 0.929. The summed E-state index contributed by atoms with van der Waals surface area (Å²) >= 11 is 0.